The predicted molar refractivity (Wildman–Crippen MR) is 72.4 cm³/mol. The molecule has 0 spiro atoms. The second kappa shape index (κ2) is 5.83. The molecular formula is C15H12F3N3. The molecule has 2 aromatic rings. The van der Waals surface area contributed by atoms with E-state index in [4.69, 9.17) is 5.26 Å². The topological polar surface area (TPSA) is 48.7 Å². The molecule has 21 heavy (non-hydrogen) atoms. The maximum absolute atomic E-state index is 13.0. The van der Waals surface area contributed by atoms with Crippen LogP contribution in [0.3, 0.4) is 0 Å². The van der Waals surface area contributed by atoms with Crippen LogP contribution in [0.25, 0.3) is 0 Å². The van der Waals surface area contributed by atoms with E-state index in [1.54, 1.807) is 25.1 Å². The Balaban J connectivity index is 2.24. The van der Waals surface area contributed by atoms with Gasteiger partial charge in [-0.15, -0.1) is 0 Å². The molecule has 0 bridgehead atoms. The van der Waals surface area contributed by atoms with Crippen molar-refractivity contribution < 1.29 is 13.2 Å². The molecule has 0 radical (unpaired) electrons. The van der Waals surface area contributed by atoms with Crippen molar-refractivity contribution in [2.24, 2.45) is 0 Å². The Morgan fingerprint density at radius 3 is 2.48 bits per heavy atom. The van der Waals surface area contributed by atoms with E-state index in [1.165, 1.54) is 18.3 Å². The molecule has 1 aromatic carbocycles. The molecule has 0 aliphatic carbocycles. The summed E-state index contributed by atoms with van der Waals surface area (Å²) >= 11 is 0. The highest BCUT2D eigenvalue weighted by Gasteiger charge is 2.34. The summed E-state index contributed by atoms with van der Waals surface area (Å²) in [5.41, 5.74) is -0.126. The van der Waals surface area contributed by atoms with Gasteiger partial charge in [0.05, 0.1) is 17.2 Å². The third-order valence-electron chi connectivity index (χ3n) is 2.99. The van der Waals surface area contributed by atoms with E-state index in [0.717, 1.165) is 6.07 Å². The minimum absolute atomic E-state index is 0.149. The third-order valence-corrected chi connectivity index (χ3v) is 2.99. The van der Waals surface area contributed by atoms with Crippen LogP contribution in [-0.4, -0.2) is 4.98 Å². The first-order valence-corrected chi connectivity index (χ1v) is 6.20. The van der Waals surface area contributed by atoms with Crippen molar-refractivity contribution in [2.75, 3.05) is 5.32 Å². The van der Waals surface area contributed by atoms with Crippen LogP contribution in [0.4, 0.5) is 19.0 Å². The van der Waals surface area contributed by atoms with Gasteiger partial charge in [-0.25, -0.2) is 4.98 Å². The minimum atomic E-state index is -4.40. The average Bonchev–Trinajstić information content (AvgIpc) is 2.47. The Bertz CT molecular complexity index is 657. The molecule has 2 rings (SSSR count). The molecule has 1 aromatic heterocycles. The number of nitrogens with zero attached hydrogens (tertiary/aromatic N) is 2. The highest BCUT2D eigenvalue weighted by atomic mass is 19.4. The van der Waals surface area contributed by atoms with Crippen molar-refractivity contribution in [3.8, 4) is 6.07 Å². The molecule has 0 aliphatic rings. The zero-order chi connectivity index (χ0) is 15.5. The molecule has 0 amide bonds. The number of halogens is 3. The van der Waals surface area contributed by atoms with Gasteiger partial charge in [-0.3, -0.25) is 0 Å². The standard InChI is InChI=1S/C15H12F3N3/c1-10(21-14-7-6-11(8-19)9-20-14)12-4-2-3-5-13(12)15(16,17)18/h2-7,9-10H,1H3,(H,20,21)/t10-/m0/s1. The number of alkyl halides is 3. The first-order chi connectivity index (χ1) is 9.91. The van der Waals surface area contributed by atoms with Crippen LogP contribution in [0.2, 0.25) is 0 Å². The lowest BCUT2D eigenvalue weighted by Gasteiger charge is -2.19. The Hall–Kier alpha value is -2.55. The van der Waals surface area contributed by atoms with Gasteiger partial charge in [0, 0.05) is 6.20 Å². The Labute approximate surface area is 120 Å². The van der Waals surface area contributed by atoms with Crippen LogP contribution >= 0.6 is 0 Å². The molecule has 3 nitrogen and oxygen atoms in total. The summed E-state index contributed by atoms with van der Waals surface area (Å²) in [4.78, 5) is 3.99. The molecule has 1 heterocycles. The van der Waals surface area contributed by atoms with E-state index in [1.807, 2.05) is 6.07 Å². The Morgan fingerprint density at radius 2 is 1.90 bits per heavy atom. The summed E-state index contributed by atoms with van der Waals surface area (Å²) in [5.74, 6) is 0.415. The van der Waals surface area contributed by atoms with Gasteiger partial charge in [0.2, 0.25) is 0 Å². The predicted octanol–water partition coefficient (Wildman–Crippen LogP) is 4.15. The van der Waals surface area contributed by atoms with Gasteiger partial charge in [-0.2, -0.15) is 18.4 Å². The number of anilines is 1. The highest BCUT2D eigenvalue weighted by Crippen LogP contribution is 2.35. The normalized spacial score (nSPS) is 12.5. The molecule has 108 valence electrons. The van der Waals surface area contributed by atoms with E-state index >= 15 is 0 Å². The van der Waals surface area contributed by atoms with Crippen molar-refractivity contribution in [2.45, 2.75) is 19.1 Å². The first-order valence-electron chi connectivity index (χ1n) is 6.20. The monoisotopic (exact) mass is 291 g/mol. The number of rotatable bonds is 3. The maximum atomic E-state index is 13.0. The average molecular weight is 291 g/mol. The molecule has 0 fully saturated rings. The van der Waals surface area contributed by atoms with Gasteiger partial charge < -0.3 is 5.32 Å². The van der Waals surface area contributed by atoms with Gasteiger partial charge >= 0.3 is 6.18 Å². The molecule has 0 saturated heterocycles. The molecule has 1 N–H and O–H groups in total. The fraction of sp³-hybridized carbons (Fsp3) is 0.200. The molecule has 0 saturated carbocycles. The van der Waals surface area contributed by atoms with Crippen LogP contribution in [0.15, 0.2) is 42.6 Å². The fourth-order valence-corrected chi connectivity index (χ4v) is 1.98. The minimum Gasteiger partial charge on any atom is -0.364 e. The molecular weight excluding hydrogens is 279 g/mol. The molecule has 1 atom stereocenters. The smallest absolute Gasteiger partial charge is 0.364 e. The van der Waals surface area contributed by atoms with Gasteiger partial charge in [0.1, 0.15) is 11.9 Å². The van der Waals surface area contributed by atoms with Crippen molar-refractivity contribution in [3.05, 3.63) is 59.3 Å². The fourth-order valence-electron chi connectivity index (χ4n) is 1.98. The number of nitriles is 1. The highest BCUT2D eigenvalue weighted by molar-refractivity contribution is 5.43. The van der Waals surface area contributed by atoms with Crippen LogP contribution in [0.1, 0.15) is 29.7 Å². The number of aromatic nitrogens is 1. The van der Waals surface area contributed by atoms with Crippen LogP contribution < -0.4 is 5.32 Å². The second-order valence-corrected chi connectivity index (χ2v) is 4.49. The van der Waals surface area contributed by atoms with Crippen molar-refractivity contribution in [1.82, 2.24) is 4.98 Å². The summed E-state index contributed by atoms with van der Waals surface area (Å²) in [6.45, 7) is 1.63. The summed E-state index contributed by atoms with van der Waals surface area (Å²) < 4.78 is 38.9. The zero-order valence-corrected chi connectivity index (χ0v) is 11.1. The molecule has 6 heteroatoms. The van der Waals surface area contributed by atoms with Gasteiger partial charge in [-0.05, 0) is 30.7 Å². The van der Waals surface area contributed by atoms with Crippen LogP contribution in [0.5, 0.6) is 0 Å². The summed E-state index contributed by atoms with van der Waals surface area (Å²) in [6, 6.07) is 9.89. The van der Waals surface area contributed by atoms with E-state index in [-0.39, 0.29) is 5.56 Å². The Kier molecular flexibility index (Phi) is 4.13. The van der Waals surface area contributed by atoms with E-state index in [0.29, 0.717) is 11.4 Å². The quantitative estimate of drug-likeness (QED) is 0.924. The molecule has 0 aliphatic heterocycles. The second-order valence-electron chi connectivity index (χ2n) is 4.49. The summed E-state index contributed by atoms with van der Waals surface area (Å²) in [5, 5.41) is 11.6. The number of nitrogens with one attached hydrogen (secondary N) is 1. The number of benzene rings is 1. The lowest BCUT2D eigenvalue weighted by molar-refractivity contribution is -0.138. The van der Waals surface area contributed by atoms with Crippen molar-refractivity contribution >= 4 is 5.82 Å². The number of pyridine rings is 1. The lowest BCUT2D eigenvalue weighted by Crippen LogP contribution is -2.15. The Morgan fingerprint density at radius 1 is 1.19 bits per heavy atom. The van der Waals surface area contributed by atoms with Crippen molar-refractivity contribution in [3.63, 3.8) is 0 Å². The number of hydrogen-bond acceptors (Lipinski definition) is 3. The summed E-state index contributed by atoms with van der Waals surface area (Å²) in [6.07, 6.45) is -3.03. The van der Waals surface area contributed by atoms with E-state index in [9.17, 15) is 13.2 Å². The lowest BCUT2D eigenvalue weighted by atomic mass is 10.0. The molecule has 0 unspecified atom stereocenters. The largest absolute Gasteiger partial charge is 0.416 e. The van der Waals surface area contributed by atoms with E-state index < -0.39 is 17.8 Å². The van der Waals surface area contributed by atoms with Gasteiger partial charge in [-0.1, -0.05) is 18.2 Å². The SMILES string of the molecule is C[C@H](Nc1ccc(C#N)cn1)c1ccccc1C(F)(F)F. The third kappa shape index (κ3) is 3.51. The number of hydrogen-bond donors (Lipinski definition) is 1. The summed E-state index contributed by atoms with van der Waals surface area (Å²) in [7, 11) is 0. The van der Waals surface area contributed by atoms with Crippen molar-refractivity contribution in [1.29, 1.82) is 5.26 Å². The zero-order valence-electron chi connectivity index (χ0n) is 11.1. The van der Waals surface area contributed by atoms with E-state index in [2.05, 4.69) is 10.3 Å². The van der Waals surface area contributed by atoms with Crippen LogP contribution in [0, 0.1) is 11.3 Å². The maximum Gasteiger partial charge on any atom is 0.416 e. The first kappa shape index (κ1) is 14.9. The van der Waals surface area contributed by atoms with Crippen LogP contribution in [-0.2, 0) is 6.18 Å². The van der Waals surface area contributed by atoms with Gasteiger partial charge in [0.25, 0.3) is 0 Å². The van der Waals surface area contributed by atoms with Gasteiger partial charge in [0.15, 0.2) is 0 Å².